The zero-order valence-electron chi connectivity index (χ0n) is 9.33. The summed E-state index contributed by atoms with van der Waals surface area (Å²) in [4.78, 5) is 22.7. The van der Waals surface area contributed by atoms with E-state index in [2.05, 4.69) is 11.3 Å². The van der Waals surface area contributed by atoms with Crippen LogP contribution < -0.4 is 4.90 Å². The van der Waals surface area contributed by atoms with Crippen molar-refractivity contribution in [2.75, 3.05) is 18.6 Å². The highest BCUT2D eigenvalue weighted by Crippen LogP contribution is 2.19. The molecule has 0 aromatic heterocycles. The Bertz CT molecular complexity index is 428. The van der Waals surface area contributed by atoms with E-state index in [0.717, 1.165) is 0 Å². The molecule has 17 heavy (non-hydrogen) atoms. The van der Waals surface area contributed by atoms with Crippen molar-refractivity contribution in [1.29, 1.82) is 0 Å². The molecule has 6 nitrogen and oxygen atoms in total. The average Bonchev–Trinajstić information content (AvgIpc) is 2.35. The molecular weight excluding hydrogens is 224 g/mol. The standard InChI is InChI=1S/C11H12N2O4/c1-3-8-12(11(14)17-2)9-4-6-10(7-5-9)13(15)16/h3-7H,1,8H2,2H3. The van der Waals surface area contributed by atoms with Gasteiger partial charge in [-0.25, -0.2) is 4.79 Å². The maximum atomic E-state index is 11.4. The Labute approximate surface area is 98.3 Å². The minimum Gasteiger partial charge on any atom is -0.452 e. The summed E-state index contributed by atoms with van der Waals surface area (Å²) in [5.41, 5.74) is 0.486. The van der Waals surface area contributed by atoms with Crippen molar-refractivity contribution >= 4 is 17.5 Å². The number of hydrogen-bond acceptors (Lipinski definition) is 4. The summed E-state index contributed by atoms with van der Waals surface area (Å²) < 4.78 is 4.60. The van der Waals surface area contributed by atoms with Crippen LogP contribution in [0.4, 0.5) is 16.2 Å². The van der Waals surface area contributed by atoms with Gasteiger partial charge in [0.1, 0.15) is 0 Å². The summed E-state index contributed by atoms with van der Waals surface area (Å²) in [6.45, 7) is 3.80. The Morgan fingerprint density at radius 1 is 1.53 bits per heavy atom. The fourth-order valence-electron chi connectivity index (χ4n) is 1.28. The van der Waals surface area contributed by atoms with E-state index in [-0.39, 0.29) is 12.2 Å². The summed E-state index contributed by atoms with van der Waals surface area (Å²) in [6, 6.07) is 5.62. The Hall–Kier alpha value is -2.37. The second-order valence-corrected chi connectivity index (χ2v) is 3.14. The van der Waals surface area contributed by atoms with E-state index in [9.17, 15) is 14.9 Å². The van der Waals surface area contributed by atoms with Gasteiger partial charge in [0.2, 0.25) is 0 Å². The number of carbonyl (C=O) groups is 1. The molecule has 0 fully saturated rings. The second kappa shape index (κ2) is 5.64. The first-order valence-corrected chi connectivity index (χ1v) is 4.81. The fraction of sp³-hybridized carbons (Fsp3) is 0.182. The van der Waals surface area contributed by atoms with E-state index in [4.69, 9.17) is 0 Å². The number of rotatable bonds is 4. The number of non-ortho nitro benzene ring substituents is 1. The summed E-state index contributed by atoms with van der Waals surface area (Å²) in [6.07, 6.45) is 0.997. The minimum absolute atomic E-state index is 0.0304. The molecule has 6 heteroatoms. The van der Waals surface area contributed by atoms with Gasteiger partial charge in [0, 0.05) is 24.4 Å². The number of benzene rings is 1. The van der Waals surface area contributed by atoms with Crippen molar-refractivity contribution in [2.45, 2.75) is 0 Å². The van der Waals surface area contributed by atoms with Crippen LogP contribution >= 0.6 is 0 Å². The van der Waals surface area contributed by atoms with Gasteiger partial charge in [0.15, 0.2) is 0 Å². The maximum Gasteiger partial charge on any atom is 0.414 e. The molecule has 0 bridgehead atoms. The molecule has 0 radical (unpaired) electrons. The van der Waals surface area contributed by atoms with Crippen molar-refractivity contribution in [3.05, 3.63) is 47.0 Å². The Morgan fingerprint density at radius 2 is 2.12 bits per heavy atom. The van der Waals surface area contributed by atoms with Gasteiger partial charge in [0.25, 0.3) is 5.69 Å². The third-order valence-corrected chi connectivity index (χ3v) is 2.08. The summed E-state index contributed by atoms with van der Waals surface area (Å²) in [5, 5.41) is 10.5. The van der Waals surface area contributed by atoms with Crippen LogP contribution in [0.5, 0.6) is 0 Å². The first-order chi connectivity index (χ1) is 8.10. The Balaban J connectivity index is 2.98. The zero-order chi connectivity index (χ0) is 12.8. The van der Waals surface area contributed by atoms with Crippen molar-refractivity contribution in [1.82, 2.24) is 0 Å². The van der Waals surface area contributed by atoms with Crippen molar-refractivity contribution in [3.8, 4) is 0 Å². The van der Waals surface area contributed by atoms with Crippen LogP contribution in [0.1, 0.15) is 0 Å². The first-order valence-electron chi connectivity index (χ1n) is 4.81. The number of amides is 1. The number of ether oxygens (including phenoxy) is 1. The normalized spacial score (nSPS) is 9.47. The molecule has 0 saturated carbocycles. The van der Waals surface area contributed by atoms with Gasteiger partial charge in [0.05, 0.1) is 12.0 Å². The first kappa shape index (κ1) is 12.7. The largest absolute Gasteiger partial charge is 0.452 e. The quantitative estimate of drug-likeness (QED) is 0.457. The Morgan fingerprint density at radius 3 is 2.53 bits per heavy atom. The minimum atomic E-state index is -0.543. The van der Waals surface area contributed by atoms with Crippen LogP contribution in [0.3, 0.4) is 0 Å². The van der Waals surface area contributed by atoms with Gasteiger partial charge in [-0.3, -0.25) is 15.0 Å². The summed E-state index contributed by atoms with van der Waals surface area (Å²) in [5.74, 6) is 0. The van der Waals surface area contributed by atoms with E-state index in [0.29, 0.717) is 5.69 Å². The second-order valence-electron chi connectivity index (χ2n) is 3.14. The zero-order valence-corrected chi connectivity index (χ0v) is 9.33. The predicted octanol–water partition coefficient (Wildman–Crippen LogP) is 2.35. The van der Waals surface area contributed by atoms with Gasteiger partial charge in [-0.05, 0) is 12.1 Å². The molecular formula is C11H12N2O4. The lowest BCUT2D eigenvalue weighted by atomic mass is 10.2. The number of nitrogens with zero attached hydrogens (tertiary/aromatic N) is 2. The van der Waals surface area contributed by atoms with E-state index >= 15 is 0 Å². The van der Waals surface area contributed by atoms with Crippen molar-refractivity contribution in [2.24, 2.45) is 0 Å². The van der Waals surface area contributed by atoms with Crippen LogP contribution in [-0.2, 0) is 4.74 Å². The van der Waals surface area contributed by atoms with Crippen molar-refractivity contribution in [3.63, 3.8) is 0 Å². The monoisotopic (exact) mass is 236 g/mol. The molecule has 0 heterocycles. The van der Waals surface area contributed by atoms with Crippen molar-refractivity contribution < 1.29 is 14.5 Å². The van der Waals surface area contributed by atoms with Gasteiger partial charge in [-0.1, -0.05) is 6.08 Å². The van der Waals surface area contributed by atoms with Gasteiger partial charge >= 0.3 is 6.09 Å². The van der Waals surface area contributed by atoms with Gasteiger partial charge < -0.3 is 4.74 Å². The molecule has 0 aliphatic heterocycles. The highest BCUT2D eigenvalue weighted by molar-refractivity contribution is 5.87. The fourth-order valence-corrected chi connectivity index (χ4v) is 1.28. The highest BCUT2D eigenvalue weighted by Gasteiger charge is 2.15. The number of hydrogen-bond donors (Lipinski definition) is 0. The number of nitro groups is 1. The summed E-state index contributed by atoms with van der Waals surface area (Å²) >= 11 is 0. The lowest BCUT2D eigenvalue weighted by Gasteiger charge is -2.19. The van der Waals surface area contributed by atoms with Gasteiger partial charge in [-0.2, -0.15) is 0 Å². The molecule has 1 aromatic carbocycles. The lowest BCUT2D eigenvalue weighted by molar-refractivity contribution is -0.384. The Kier molecular flexibility index (Phi) is 4.21. The molecule has 0 aliphatic rings. The van der Waals surface area contributed by atoms with E-state index < -0.39 is 11.0 Å². The molecule has 0 saturated heterocycles. The molecule has 0 N–H and O–H groups in total. The average molecular weight is 236 g/mol. The third kappa shape index (κ3) is 3.04. The van der Waals surface area contributed by atoms with Crippen LogP contribution in [0, 0.1) is 10.1 Å². The van der Waals surface area contributed by atoms with Crippen LogP contribution in [0.25, 0.3) is 0 Å². The van der Waals surface area contributed by atoms with Gasteiger partial charge in [-0.15, -0.1) is 6.58 Å². The predicted molar refractivity (Wildman–Crippen MR) is 63.0 cm³/mol. The lowest BCUT2D eigenvalue weighted by Crippen LogP contribution is -2.30. The van der Waals surface area contributed by atoms with E-state index in [1.807, 2.05) is 0 Å². The molecule has 1 aromatic rings. The highest BCUT2D eigenvalue weighted by atomic mass is 16.6. The number of carbonyl (C=O) groups excluding carboxylic acids is 1. The number of methoxy groups -OCH3 is 1. The summed E-state index contributed by atoms with van der Waals surface area (Å²) in [7, 11) is 1.27. The maximum absolute atomic E-state index is 11.4. The van der Waals surface area contributed by atoms with E-state index in [1.165, 1.54) is 36.3 Å². The molecule has 1 amide bonds. The topological polar surface area (TPSA) is 72.7 Å². The molecule has 0 spiro atoms. The number of anilines is 1. The molecule has 90 valence electrons. The van der Waals surface area contributed by atoms with Crippen LogP contribution in [0.2, 0.25) is 0 Å². The molecule has 0 aliphatic carbocycles. The van der Waals surface area contributed by atoms with Crippen LogP contribution in [0.15, 0.2) is 36.9 Å². The molecule has 0 unspecified atom stereocenters. The third-order valence-electron chi connectivity index (χ3n) is 2.08. The SMILES string of the molecule is C=CCN(C(=O)OC)c1ccc([N+](=O)[O-])cc1. The van der Waals surface area contributed by atoms with E-state index in [1.54, 1.807) is 6.08 Å². The smallest absolute Gasteiger partial charge is 0.414 e. The van der Waals surface area contributed by atoms with Crippen LogP contribution in [-0.4, -0.2) is 24.7 Å². The molecule has 0 atom stereocenters. The number of nitro benzene ring substituents is 1. The molecule has 1 rings (SSSR count).